The topological polar surface area (TPSA) is 72.0 Å². The van der Waals surface area contributed by atoms with Crippen LogP contribution in [-0.4, -0.2) is 30.7 Å². The van der Waals surface area contributed by atoms with Crippen LogP contribution in [0.25, 0.3) is 0 Å². The third-order valence-electron chi connectivity index (χ3n) is 3.82. The second-order valence-corrected chi connectivity index (χ2v) is 5.41. The Morgan fingerprint density at radius 1 is 1.33 bits per heavy atom. The smallest absolute Gasteiger partial charge is 0.392 e. The number of benzene rings is 1. The molecule has 2 heterocycles. The number of carbonyl (C=O) groups is 1. The summed E-state index contributed by atoms with van der Waals surface area (Å²) in [5.41, 5.74) is 0.745. The molecule has 0 aromatic heterocycles. The Labute approximate surface area is 123 Å². The van der Waals surface area contributed by atoms with E-state index in [1.165, 1.54) is 0 Å². The van der Waals surface area contributed by atoms with E-state index in [-0.39, 0.29) is 5.60 Å². The largest absolute Gasteiger partial charge is 0.414 e. The Morgan fingerprint density at radius 2 is 2.10 bits per heavy atom. The summed E-state index contributed by atoms with van der Waals surface area (Å²) in [6.07, 6.45) is 1.84. The molecule has 112 valence electrons. The highest BCUT2D eigenvalue weighted by molar-refractivity contribution is 5.89. The van der Waals surface area contributed by atoms with E-state index < -0.39 is 6.09 Å². The van der Waals surface area contributed by atoms with E-state index in [1.807, 2.05) is 30.3 Å². The summed E-state index contributed by atoms with van der Waals surface area (Å²) < 4.78 is 5.22. The van der Waals surface area contributed by atoms with Crippen molar-refractivity contribution in [3.8, 4) is 0 Å². The second-order valence-electron chi connectivity index (χ2n) is 5.41. The van der Waals surface area contributed by atoms with Crippen LogP contribution in [0, 0.1) is 0 Å². The van der Waals surface area contributed by atoms with Gasteiger partial charge in [-0.15, -0.1) is 0 Å². The quantitative estimate of drug-likeness (QED) is 0.870. The maximum atomic E-state index is 11.8. The lowest BCUT2D eigenvalue weighted by Gasteiger charge is -2.30. The third-order valence-corrected chi connectivity index (χ3v) is 3.82. The minimum Gasteiger partial charge on any atom is -0.392 e. The molecule has 0 unspecified atom stereocenters. The Kier molecular flexibility index (Phi) is 4.06. The van der Waals surface area contributed by atoms with Gasteiger partial charge in [0.15, 0.2) is 0 Å². The van der Waals surface area contributed by atoms with Gasteiger partial charge in [-0.3, -0.25) is 0 Å². The first-order valence-electron chi connectivity index (χ1n) is 7.21. The van der Waals surface area contributed by atoms with E-state index in [0.29, 0.717) is 18.9 Å². The zero-order valence-corrected chi connectivity index (χ0v) is 11.8. The fourth-order valence-corrected chi connectivity index (χ4v) is 2.61. The molecule has 1 aromatic rings. The van der Waals surface area contributed by atoms with Gasteiger partial charge >= 0.3 is 6.09 Å². The Hall–Kier alpha value is -2.08. The molecule has 0 bridgehead atoms. The lowest BCUT2D eigenvalue weighted by Crippen LogP contribution is -2.42. The number of amides is 1. The van der Waals surface area contributed by atoms with Crippen LogP contribution in [0.3, 0.4) is 0 Å². The minimum atomic E-state index is -0.493. The van der Waals surface area contributed by atoms with Gasteiger partial charge in [0, 0.05) is 19.4 Å². The first-order valence-corrected chi connectivity index (χ1v) is 7.21. The molecule has 0 atom stereocenters. The van der Waals surface area contributed by atoms with E-state index >= 15 is 0 Å². The van der Waals surface area contributed by atoms with E-state index in [9.17, 15) is 4.79 Å². The molecule has 6 nitrogen and oxygen atoms in total. The van der Waals surface area contributed by atoms with Gasteiger partial charge in [0.25, 0.3) is 0 Å². The van der Waals surface area contributed by atoms with Crippen molar-refractivity contribution in [1.29, 1.82) is 0 Å². The molecule has 1 saturated heterocycles. The Balaban J connectivity index is 1.45. The number of rotatable bonds is 2. The molecular formula is C15H19N3O3. The number of oxime groups is 1. The van der Waals surface area contributed by atoms with Crippen molar-refractivity contribution in [3.05, 3.63) is 35.9 Å². The zero-order valence-electron chi connectivity index (χ0n) is 11.8. The highest BCUT2D eigenvalue weighted by Crippen LogP contribution is 2.32. The summed E-state index contributed by atoms with van der Waals surface area (Å²) in [4.78, 5) is 17.3. The molecule has 3 rings (SSSR count). The van der Waals surface area contributed by atoms with Gasteiger partial charge < -0.3 is 20.2 Å². The van der Waals surface area contributed by atoms with Crippen LogP contribution in [0.15, 0.2) is 35.5 Å². The molecule has 21 heavy (non-hydrogen) atoms. The molecule has 1 fully saturated rings. The molecule has 1 amide bonds. The lowest BCUT2D eigenvalue weighted by molar-refractivity contribution is -0.0400. The molecular weight excluding hydrogens is 270 g/mol. The third kappa shape index (κ3) is 3.52. The summed E-state index contributed by atoms with van der Waals surface area (Å²) in [7, 11) is 0. The molecule has 2 aliphatic rings. The van der Waals surface area contributed by atoms with Crippen molar-refractivity contribution in [1.82, 2.24) is 10.6 Å². The predicted octanol–water partition coefficient (Wildman–Crippen LogP) is 1.77. The summed E-state index contributed by atoms with van der Waals surface area (Å²) in [6, 6.07) is 9.68. The van der Waals surface area contributed by atoms with Gasteiger partial charge in [-0.05, 0) is 18.7 Å². The zero-order chi connectivity index (χ0) is 14.5. The van der Waals surface area contributed by atoms with Crippen LogP contribution in [0.1, 0.15) is 24.8 Å². The molecule has 6 heteroatoms. The number of ether oxygens (including phenoxy) is 1. The van der Waals surface area contributed by atoms with Crippen LogP contribution in [0.2, 0.25) is 0 Å². The first kappa shape index (κ1) is 13.9. The van der Waals surface area contributed by atoms with Crippen LogP contribution >= 0.6 is 0 Å². The monoisotopic (exact) mass is 289 g/mol. The normalized spacial score (nSPS) is 19.7. The average molecular weight is 289 g/mol. The molecule has 0 saturated carbocycles. The average Bonchev–Trinajstić information content (AvgIpc) is 2.89. The van der Waals surface area contributed by atoms with E-state index in [4.69, 9.17) is 9.57 Å². The van der Waals surface area contributed by atoms with Gasteiger partial charge in [0.1, 0.15) is 5.60 Å². The van der Waals surface area contributed by atoms with Crippen molar-refractivity contribution < 1.29 is 14.4 Å². The summed E-state index contributed by atoms with van der Waals surface area (Å²) in [5.74, 6) is 0.363. The standard InChI is InChI=1S/C15H19N3O3/c19-14(17-11-12-4-2-1-3-5-12)20-13-10-15(21-18-13)6-8-16-9-7-15/h1-5,16H,6-11H2,(H,17,19). The fourth-order valence-electron chi connectivity index (χ4n) is 2.61. The summed E-state index contributed by atoms with van der Waals surface area (Å²) in [5, 5.41) is 9.90. The summed E-state index contributed by atoms with van der Waals surface area (Å²) >= 11 is 0. The highest BCUT2D eigenvalue weighted by Gasteiger charge is 2.41. The Morgan fingerprint density at radius 3 is 2.86 bits per heavy atom. The molecule has 2 N–H and O–H groups in total. The van der Waals surface area contributed by atoms with Gasteiger partial charge in [0.2, 0.25) is 5.90 Å². The SMILES string of the molecule is O=C(NCc1ccccc1)OC1=NOC2(CCNCC2)C1. The van der Waals surface area contributed by atoms with Crippen LogP contribution < -0.4 is 10.6 Å². The van der Waals surface area contributed by atoms with Crippen LogP contribution in [0.5, 0.6) is 0 Å². The molecule has 1 spiro atoms. The Bertz CT molecular complexity index is 524. The van der Waals surface area contributed by atoms with Gasteiger partial charge in [-0.25, -0.2) is 4.79 Å². The maximum Gasteiger partial charge on any atom is 0.414 e. The van der Waals surface area contributed by atoms with Crippen molar-refractivity contribution >= 4 is 12.0 Å². The van der Waals surface area contributed by atoms with Gasteiger partial charge in [0.05, 0.1) is 6.42 Å². The number of hydrogen-bond acceptors (Lipinski definition) is 5. The maximum absolute atomic E-state index is 11.8. The fraction of sp³-hybridized carbons (Fsp3) is 0.467. The second kappa shape index (κ2) is 6.13. The molecule has 0 aliphatic carbocycles. The first-order chi connectivity index (χ1) is 10.3. The number of hydrogen-bond donors (Lipinski definition) is 2. The predicted molar refractivity (Wildman–Crippen MR) is 77.7 cm³/mol. The number of carbonyl (C=O) groups excluding carboxylic acids is 1. The molecule has 1 aromatic carbocycles. The number of piperidine rings is 1. The van der Waals surface area contributed by atoms with E-state index in [2.05, 4.69) is 15.8 Å². The van der Waals surface area contributed by atoms with Crippen molar-refractivity contribution in [3.63, 3.8) is 0 Å². The van der Waals surface area contributed by atoms with Crippen molar-refractivity contribution in [2.24, 2.45) is 5.16 Å². The summed E-state index contributed by atoms with van der Waals surface area (Å²) in [6.45, 7) is 2.24. The lowest BCUT2D eigenvalue weighted by atomic mass is 9.89. The van der Waals surface area contributed by atoms with Crippen LogP contribution in [0.4, 0.5) is 4.79 Å². The van der Waals surface area contributed by atoms with Gasteiger partial charge in [-0.2, -0.15) is 0 Å². The molecule has 0 radical (unpaired) electrons. The molecule has 2 aliphatic heterocycles. The van der Waals surface area contributed by atoms with E-state index in [1.54, 1.807) is 0 Å². The minimum absolute atomic E-state index is 0.277. The number of nitrogens with one attached hydrogen (secondary N) is 2. The van der Waals surface area contributed by atoms with Crippen molar-refractivity contribution in [2.75, 3.05) is 13.1 Å². The van der Waals surface area contributed by atoms with E-state index in [0.717, 1.165) is 31.5 Å². The number of alkyl carbamates (subject to hydrolysis) is 1. The number of nitrogens with zero attached hydrogens (tertiary/aromatic N) is 1. The van der Waals surface area contributed by atoms with Crippen LogP contribution in [-0.2, 0) is 16.1 Å². The van der Waals surface area contributed by atoms with Crippen molar-refractivity contribution in [2.45, 2.75) is 31.4 Å². The highest BCUT2D eigenvalue weighted by atomic mass is 16.7. The van der Waals surface area contributed by atoms with Gasteiger partial charge in [-0.1, -0.05) is 35.5 Å².